The average molecular weight is 266 g/mol. The van der Waals surface area contributed by atoms with Crippen molar-refractivity contribution in [1.82, 2.24) is 0 Å². The molecule has 0 radical (unpaired) electrons. The fourth-order valence-corrected chi connectivity index (χ4v) is 2.28. The van der Waals surface area contributed by atoms with Crippen molar-refractivity contribution in [2.45, 2.75) is 52.9 Å². The highest BCUT2D eigenvalue weighted by Gasteiger charge is 2.16. The zero-order valence-corrected chi connectivity index (χ0v) is 11.8. The van der Waals surface area contributed by atoms with Gasteiger partial charge >= 0.3 is 6.16 Å². The van der Waals surface area contributed by atoms with Gasteiger partial charge in [-0.15, -0.1) is 0 Å². The van der Waals surface area contributed by atoms with Crippen LogP contribution in [0.3, 0.4) is 0 Å². The molecule has 0 aliphatic rings. The molecule has 0 heterocycles. The van der Waals surface area contributed by atoms with E-state index in [1.54, 1.807) is 6.07 Å². The molecule has 0 amide bonds. The minimum Gasteiger partial charge on any atom is -0.504 e. The van der Waals surface area contributed by atoms with E-state index in [9.17, 15) is 9.90 Å². The van der Waals surface area contributed by atoms with Crippen molar-refractivity contribution >= 4 is 6.16 Å². The van der Waals surface area contributed by atoms with Crippen molar-refractivity contribution in [3.63, 3.8) is 0 Å². The van der Waals surface area contributed by atoms with Gasteiger partial charge in [0.15, 0.2) is 11.5 Å². The molecule has 0 atom stereocenters. The topological polar surface area (TPSA) is 66.8 Å². The van der Waals surface area contributed by atoms with Crippen LogP contribution in [0.15, 0.2) is 6.07 Å². The van der Waals surface area contributed by atoms with Crippen LogP contribution in [-0.4, -0.2) is 16.4 Å². The Morgan fingerprint density at radius 1 is 1.32 bits per heavy atom. The van der Waals surface area contributed by atoms with E-state index in [0.717, 1.165) is 42.4 Å². The summed E-state index contributed by atoms with van der Waals surface area (Å²) in [7, 11) is 0. The predicted octanol–water partition coefficient (Wildman–Crippen LogP) is 4.05. The first kappa shape index (κ1) is 15.3. The first-order chi connectivity index (χ1) is 9.01. The molecule has 0 aromatic heterocycles. The Bertz CT molecular complexity index is 452. The molecule has 1 aromatic rings. The van der Waals surface area contributed by atoms with Crippen LogP contribution in [0.4, 0.5) is 4.79 Å². The van der Waals surface area contributed by atoms with Crippen LogP contribution in [0, 0.1) is 6.92 Å². The number of benzene rings is 1. The lowest BCUT2D eigenvalue weighted by Gasteiger charge is -2.15. The average Bonchev–Trinajstić information content (AvgIpc) is 2.35. The molecule has 0 bridgehead atoms. The third-order valence-electron chi connectivity index (χ3n) is 3.36. The SMILES string of the molecule is CCCCCc1cc(OC(=O)O)c(O)c(CC)c1C. The first-order valence-corrected chi connectivity index (χ1v) is 6.76. The summed E-state index contributed by atoms with van der Waals surface area (Å²) in [6, 6.07) is 1.65. The molecule has 0 saturated heterocycles. The van der Waals surface area contributed by atoms with Crippen molar-refractivity contribution in [1.29, 1.82) is 0 Å². The highest BCUT2D eigenvalue weighted by atomic mass is 16.7. The second-order valence-electron chi connectivity index (χ2n) is 4.66. The van der Waals surface area contributed by atoms with Gasteiger partial charge in [0.25, 0.3) is 0 Å². The maximum absolute atomic E-state index is 10.6. The molecule has 4 heteroatoms. The van der Waals surface area contributed by atoms with Gasteiger partial charge < -0.3 is 14.9 Å². The molecule has 0 saturated carbocycles. The smallest absolute Gasteiger partial charge is 0.504 e. The molecule has 2 N–H and O–H groups in total. The van der Waals surface area contributed by atoms with Crippen LogP contribution in [-0.2, 0) is 12.8 Å². The Morgan fingerprint density at radius 3 is 2.53 bits per heavy atom. The largest absolute Gasteiger partial charge is 0.511 e. The van der Waals surface area contributed by atoms with Crippen LogP contribution in [0.2, 0.25) is 0 Å². The minimum atomic E-state index is -1.40. The van der Waals surface area contributed by atoms with E-state index in [0.29, 0.717) is 6.42 Å². The molecular weight excluding hydrogens is 244 g/mol. The fraction of sp³-hybridized carbons (Fsp3) is 0.533. The first-order valence-electron chi connectivity index (χ1n) is 6.76. The van der Waals surface area contributed by atoms with Crippen LogP contribution < -0.4 is 4.74 Å². The number of aryl methyl sites for hydroxylation is 1. The number of phenolic OH excluding ortho intramolecular Hbond substituents is 1. The Hall–Kier alpha value is -1.71. The molecule has 19 heavy (non-hydrogen) atoms. The highest BCUT2D eigenvalue weighted by molar-refractivity contribution is 5.65. The molecule has 0 fully saturated rings. The van der Waals surface area contributed by atoms with Gasteiger partial charge in [0, 0.05) is 5.56 Å². The normalized spacial score (nSPS) is 10.5. The van der Waals surface area contributed by atoms with Gasteiger partial charge in [-0.2, -0.15) is 0 Å². The third kappa shape index (κ3) is 3.88. The van der Waals surface area contributed by atoms with E-state index >= 15 is 0 Å². The number of aromatic hydroxyl groups is 1. The van der Waals surface area contributed by atoms with Gasteiger partial charge in [0.1, 0.15) is 0 Å². The summed E-state index contributed by atoms with van der Waals surface area (Å²) in [6.07, 6.45) is 3.45. The second kappa shape index (κ2) is 7.02. The van der Waals surface area contributed by atoms with E-state index in [4.69, 9.17) is 5.11 Å². The zero-order chi connectivity index (χ0) is 14.4. The maximum Gasteiger partial charge on any atom is 0.511 e. The number of unbranched alkanes of at least 4 members (excludes halogenated alkanes) is 2. The van der Waals surface area contributed by atoms with E-state index in [1.807, 2.05) is 13.8 Å². The molecule has 1 rings (SSSR count). The number of ether oxygens (including phenoxy) is 1. The molecule has 0 spiro atoms. The lowest BCUT2D eigenvalue weighted by molar-refractivity contribution is 0.142. The molecule has 4 nitrogen and oxygen atoms in total. The van der Waals surface area contributed by atoms with Gasteiger partial charge in [-0.25, -0.2) is 4.79 Å². The molecule has 106 valence electrons. The van der Waals surface area contributed by atoms with Gasteiger partial charge in [-0.05, 0) is 43.4 Å². The van der Waals surface area contributed by atoms with Gasteiger partial charge in [-0.1, -0.05) is 26.7 Å². The van der Waals surface area contributed by atoms with Crippen molar-refractivity contribution in [3.05, 3.63) is 22.8 Å². The maximum atomic E-state index is 10.6. The van der Waals surface area contributed by atoms with Crippen LogP contribution in [0.25, 0.3) is 0 Å². The number of hydrogen-bond donors (Lipinski definition) is 2. The molecule has 0 aliphatic carbocycles. The summed E-state index contributed by atoms with van der Waals surface area (Å²) in [5, 5.41) is 18.7. The highest BCUT2D eigenvalue weighted by Crippen LogP contribution is 2.36. The number of rotatable bonds is 6. The number of phenols is 1. The van der Waals surface area contributed by atoms with Gasteiger partial charge in [-0.3, -0.25) is 0 Å². The Morgan fingerprint density at radius 2 is 2.00 bits per heavy atom. The minimum absolute atomic E-state index is 0.0430. The standard InChI is InChI=1S/C15H22O4/c1-4-6-7-8-11-9-13(19-15(17)18)14(16)12(5-2)10(11)3/h9,16H,4-8H2,1-3H3,(H,17,18). The number of carboxylic acid groups (broad SMARTS) is 1. The van der Waals surface area contributed by atoms with Gasteiger partial charge in [0.2, 0.25) is 0 Å². The summed E-state index contributed by atoms with van der Waals surface area (Å²) in [5.41, 5.74) is 2.86. The van der Waals surface area contributed by atoms with E-state index in [2.05, 4.69) is 11.7 Å². The van der Waals surface area contributed by atoms with Crippen molar-refractivity contribution < 1.29 is 19.7 Å². The third-order valence-corrected chi connectivity index (χ3v) is 3.36. The summed E-state index contributed by atoms with van der Waals surface area (Å²) in [5.74, 6) is -0.0110. The fourth-order valence-electron chi connectivity index (χ4n) is 2.28. The van der Waals surface area contributed by atoms with Crippen LogP contribution in [0.5, 0.6) is 11.5 Å². The van der Waals surface area contributed by atoms with Crippen molar-refractivity contribution in [2.75, 3.05) is 0 Å². The number of carbonyl (C=O) groups is 1. The van der Waals surface area contributed by atoms with Crippen molar-refractivity contribution in [3.8, 4) is 11.5 Å². The van der Waals surface area contributed by atoms with Crippen LogP contribution >= 0.6 is 0 Å². The molecular formula is C15H22O4. The summed E-state index contributed by atoms with van der Waals surface area (Å²) in [4.78, 5) is 10.6. The van der Waals surface area contributed by atoms with Crippen LogP contribution in [0.1, 0.15) is 49.8 Å². The van der Waals surface area contributed by atoms with E-state index < -0.39 is 6.16 Å². The predicted molar refractivity (Wildman–Crippen MR) is 74.1 cm³/mol. The zero-order valence-electron chi connectivity index (χ0n) is 11.8. The number of hydrogen-bond acceptors (Lipinski definition) is 3. The Labute approximate surface area is 114 Å². The summed E-state index contributed by atoms with van der Waals surface area (Å²) < 4.78 is 4.66. The van der Waals surface area contributed by atoms with E-state index in [1.165, 1.54) is 0 Å². The Balaban J connectivity index is 3.11. The lowest BCUT2D eigenvalue weighted by atomic mass is 9.95. The molecule has 0 aliphatic heterocycles. The second-order valence-corrected chi connectivity index (χ2v) is 4.66. The monoisotopic (exact) mass is 266 g/mol. The Kier molecular flexibility index (Phi) is 5.67. The van der Waals surface area contributed by atoms with Crippen molar-refractivity contribution in [2.24, 2.45) is 0 Å². The van der Waals surface area contributed by atoms with E-state index in [-0.39, 0.29) is 11.5 Å². The quantitative estimate of drug-likeness (QED) is 0.463. The lowest BCUT2D eigenvalue weighted by Crippen LogP contribution is -2.06. The van der Waals surface area contributed by atoms with Gasteiger partial charge in [0.05, 0.1) is 0 Å². The summed E-state index contributed by atoms with van der Waals surface area (Å²) >= 11 is 0. The summed E-state index contributed by atoms with van der Waals surface area (Å²) in [6.45, 7) is 6.03. The molecule has 0 unspecified atom stereocenters. The molecule has 1 aromatic carbocycles.